The minimum atomic E-state index is -0.363. The van der Waals surface area contributed by atoms with Gasteiger partial charge in [0, 0.05) is 55.2 Å². The predicted octanol–water partition coefficient (Wildman–Crippen LogP) is 4.28. The number of nitrogens with two attached hydrogens (primary N) is 1. The number of nitrogens with one attached hydrogen (secondary N) is 1. The molecule has 5 rings (SSSR count). The fourth-order valence-electron chi connectivity index (χ4n) is 4.90. The molecular weight excluding hydrogens is 450 g/mol. The number of likely N-dealkylation sites (N-methyl/N-ethyl adjacent to an activating group) is 1. The first-order valence-corrected chi connectivity index (χ1v) is 12.2. The average molecular weight is 482 g/mol. The van der Waals surface area contributed by atoms with Gasteiger partial charge >= 0.3 is 0 Å². The van der Waals surface area contributed by atoms with Crippen LogP contribution in [0.2, 0.25) is 0 Å². The summed E-state index contributed by atoms with van der Waals surface area (Å²) in [5, 5.41) is 3.49. The molecule has 2 amide bonds. The third-order valence-corrected chi connectivity index (χ3v) is 7.04. The van der Waals surface area contributed by atoms with Crippen molar-refractivity contribution in [3.05, 3.63) is 83.9 Å². The SMILES string of the molecule is CC(=O)N1C(=O)/C(=C(\Nc2ccc(N3CCN(C)[C@@H](C)C3)cc2)c2ccccc2)c2ccc(N)cc21. The monoisotopic (exact) mass is 481 g/mol. The Labute approximate surface area is 211 Å². The largest absolute Gasteiger partial charge is 0.399 e. The Bertz CT molecular complexity index is 1330. The number of carbonyl (C=O) groups excluding carboxylic acids is 2. The highest BCUT2D eigenvalue weighted by Crippen LogP contribution is 2.42. The van der Waals surface area contributed by atoms with Crippen molar-refractivity contribution < 1.29 is 9.59 Å². The maximum absolute atomic E-state index is 13.6. The summed E-state index contributed by atoms with van der Waals surface area (Å²) >= 11 is 0. The van der Waals surface area contributed by atoms with E-state index < -0.39 is 0 Å². The van der Waals surface area contributed by atoms with Crippen molar-refractivity contribution in [1.82, 2.24) is 4.90 Å². The van der Waals surface area contributed by atoms with E-state index in [0.29, 0.717) is 34.3 Å². The molecule has 184 valence electrons. The van der Waals surface area contributed by atoms with E-state index in [1.807, 2.05) is 48.5 Å². The second kappa shape index (κ2) is 9.51. The van der Waals surface area contributed by atoms with Crippen LogP contribution in [-0.2, 0) is 9.59 Å². The third kappa shape index (κ3) is 4.33. The van der Waals surface area contributed by atoms with Crippen molar-refractivity contribution in [2.75, 3.05) is 47.5 Å². The molecule has 3 aromatic rings. The molecule has 0 bridgehead atoms. The van der Waals surface area contributed by atoms with Crippen molar-refractivity contribution in [2.24, 2.45) is 0 Å². The summed E-state index contributed by atoms with van der Waals surface area (Å²) in [6.45, 7) is 6.64. The Balaban J connectivity index is 1.55. The molecule has 1 fully saturated rings. The number of hydrogen-bond acceptors (Lipinski definition) is 6. The van der Waals surface area contributed by atoms with Gasteiger partial charge in [0.2, 0.25) is 5.91 Å². The Hall–Kier alpha value is -4.10. The van der Waals surface area contributed by atoms with Crippen LogP contribution in [0, 0.1) is 0 Å². The van der Waals surface area contributed by atoms with E-state index in [4.69, 9.17) is 5.73 Å². The second-order valence-electron chi connectivity index (χ2n) is 9.50. The number of rotatable bonds is 4. The lowest BCUT2D eigenvalue weighted by Crippen LogP contribution is -2.50. The van der Waals surface area contributed by atoms with Gasteiger partial charge in [-0.2, -0.15) is 0 Å². The maximum atomic E-state index is 13.6. The van der Waals surface area contributed by atoms with Gasteiger partial charge in [0.15, 0.2) is 0 Å². The molecule has 2 aliphatic heterocycles. The molecule has 0 unspecified atom stereocenters. The van der Waals surface area contributed by atoms with Gasteiger partial charge in [-0.1, -0.05) is 30.3 Å². The van der Waals surface area contributed by atoms with E-state index in [9.17, 15) is 9.59 Å². The summed E-state index contributed by atoms with van der Waals surface area (Å²) in [5.74, 6) is -0.711. The van der Waals surface area contributed by atoms with Gasteiger partial charge in [0.05, 0.1) is 17.0 Å². The van der Waals surface area contributed by atoms with Gasteiger partial charge in [-0.15, -0.1) is 0 Å². The van der Waals surface area contributed by atoms with Crippen molar-refractivity contribution in [1.29, 1.82) is 0 Å². The fourth-order valence-corrected chi connectivity index (χ4v) is 4.90. The van der Waals surface area contributed by atoms with Gasteiger partial charge in [-0.25, -0.2) is 4.90 Å². The number of nitrogens with zero attached hydrogens (tertiary/aromatic N) is 3. The zero-order valence-electron chi connectivity index (χ0n) is 20.9. The Morgan fingerprint density at radius 3 is 2.39 bits per heavy atom. The molecule has 0 aliphatic carbocycles. The number of nitrogen functional groups attached to an aromatic ring is 1. The topological polar surface area (TPSA) is 81.9 Å². The zero-order chi connectivity index (χ0) is 25.4. The molecule has 0 saturated carbocycles. The number of imide groups is 1. The van der Waals surface area contributed by atoms with Gasteiger partial charge in [0.25, 0.3) is 5.91 Å². The van der Waals surface area contributed by atoms with Crippen LogP contribution >= 0.6 is 0 Å². The Kier molecular flexibility index (Phi) is 6.24. The molecule has 2 heterocycles. The second-order valence-corrected chi connectivity index (χ2v) is 9.50. The van der Waals surface area contributed by atoms with E-state index in [1.165, 1.54) is 17.5 Å². The lowest BCUT2D eigenvalue weighted by Gasteiger charge is -2.39. The lowest BCUT2D eigenvalue weighted by molar-refractivity contribution is -0.122. The van der Waals surface area contributed by atoms with Crippen molar-refractivity contribution >= 4 is 45.8 Å². The predicted molar refractivity (Wildman–Crippen MR) is 147 cm³/mol. The molecule has 3 aromatic carbocycles. The highest BCUT2D eigenvalue weighted by Gasteiger charge is 2.37. The molecule has 0 radical (unpaired) electrons. The highest BCUT2D eigenvalue weighted by atomic mass is 16.2. The Morgan fingerprint density at radius 2 is 1.72 bits per heavy atom. The van der Waals surface area contributed by atoms with E-state index in [2.05, 4.69) is 41.2 Å². The molecule has 7 heteroatoms. The number of fused-ring (bicyclic) bond motifs is 1. The summed E-state index contributed by atoms with van der Waals surface area (Å²) in [4.78, 5) is 32.0. The van der Waals surface area contributed by atoms with Crippen LogP contribution in [0.5, 0.6) is 0 Å². The summed E-state index contributed by atoms with van der Waals surface area (Å²) in [6.07, 6.45) is 0. The minimum Gasteiger partial charge on any atom is -0.399 e. The van der Waals surface area contributed by atoms with Crippen LogP contribution in [0.4, 0.5) is 22.7 Å². The van der Waals surface area contributed by atoms with Gasteiger partial charge in [-0.3, -0.25) is 9.59 Å². The number of benzene rings is 3. The van der Waals surface area contributed by atoms with Crippen molar-refractivity contribution in [2.45, 2.75) is 19.9 Å². The first kappa shape index (κ1) is 23.6. The molecular formula is C29H31N5O2. The number of carbonyl (C=O) groups is 2. The number of anilines is 4. The van der Waals surface area contributed by atoms with Gasteiger partial charge in [-0.05, 0) is 62.0 Å². The van der Waals surface area contributed by atoms with Crippen LogP contribution < -0.4 is 20.9 Å². The maximum Gasteiger partial charge on any atom is 0.267 e. The molecule has 2 aliphatic rings. The van der Waals surface area contributed by atoms with E-state index in [0.717, 1.165) is 30.9 Å². The molecule has 36 heavy (non-hydrogen) atoms. The van der Waals surface area contributed by atoms with Crippen LogP contribution in [0.15, 0.2) is 72.8 Å². The van der Waals surface area contributed by atoms with Gasteiger partial charge < -0.3 is 20.9 Å². The molecule has 7 nitrogen and oxygen atoms in total. The molecule has 1 saturated heterocycles. The first-order chi connectivity index (χ1) is 17.3. The minimum absolute atomic E-state index is 0.347. The van der Waals surface area contributed by atoms with Crippen LogP contribution in [0.25, 0.3) is 11.3 Å². The van der Waals surface area contributed by atoms with E-state index in [1.54, 1.807) is 12.1 Å². The summed E-state index contributed by atoms with van der Waals surface area (Å²) in [5.41, 5.74) is 11.7. The van der Waals surface area contributed by atoms with Crippen molar-refractivity contribution in [3.63, 3.8) is 0 Å². The third-order valence-electron chi connectivity index (χ3n) is 7.04. The summed E-state index contributed by atoms with van der Waals surface area (Å²) < 4.78 is 0. The van der Waals surface area contributed by atoms with Crippen LogP contribution in [0.1, 0.15) is 25.0 Å². The molecule has 1 atom stereocenters. The summed E-state index contributed by atoms with van der Waals surface area (Å²) in [7, 11) is 2.16. The van der Waals surface area contributed by atoms with E-state index in [-0.39, 0.29) is 11.8 Å². The fraction of sp³-hybridized carbons (Fsp3) is 0.241. The van der Waals surface area contributed by atoms with Gasteiger partial charge in [0.1, 0.15) is 0 Å². The summed E-state index contributed by atoms with van der Waals surface area (Å²) in [6, 6.07) is 23.7. The number of hydrogen-bond donors (Lipinski definition) is 2. The number of amides is 2. The molecule has 3 N–H and O–H groups in total. The molecule has 0 spiro atoms. The van der Waals surface area contributed by atoms with Crippen molar-refractivity contribution in [3.8, 4) is 0 Å². The van der Waals surface area contributed by atoms with Crippen LogP contribution in [-0.4, -0.2) is 49.4 Å². The Morgan fingerprint density at radius 1 is 1.00 bits per heavy atom. The van der Waals surface area contributed by atoms with E-state index >= 15 is 0 Å². The zero-order valence-corrected chi connectivity index (χ0v) is 20.9. The standard InChI is InChI=1S/C29H31N5O2/c1-19-18-33(16-15-32(19)3)24-12-10-23(11-13-24)31-28(21-7-5-4-6-8-21)27-25-14-9-22(30)17-26(25)34(20(2)35)29(27)36/h4-14,17,19,31H,15-16,18,30H2,1-3H3/b28-27-/t19-/m0/s1. The van der Waals surface area contributed by atoms with Crippen LogP contribution in [0.3, 0.4) is 0 Å². The quantitative estimate of drug-likeness (QED) is 0.428. The average Bonchev–Trinajstić information content (AvgIpc) is 3.16. The first-order valence-electron chi connectivity index (χ1n) is 12.2. The number of piperazine rings is 1. The molecule has 0 aromatic heterocycles. The normalized spacial score (nSPS) is 19.3. The smallest absolute Gasteiger partial charge is 0.267 e. The lowest BCUT2D eigenvalue weighted by atomic mass is 9.99. The highest BCUT2D eigenvalue weighted by molar-refractivity contribution is 6.43.